The summed E-state index contributed by atoms with van der Waals surface area (Å²) in [7, 11) is -0.710. The second kappa shape index (κ2) is 6.15. The summed E-state index contributed by atoms with van der Waals surface area (Å²) in [5.74, 6) is 1.71. The average Bonchev–Trinajstić information content (AvgIpc) is 2.64. The molecule has 1 N–H and O–H groups in total. The molecule has 1 aliphatic carbocycles. The molecule has 0 aromatic heterocycles. The third kappa shape index (κ3) is 4.54. The summed E-state index contributed by atoms with van der Waals surface area (Å²) in [6.07, 6.45) is 5.31. The van der Waals surface area contributed by atoms with Crippen molar-refractivity contribution in [3.05, 3.63) is 0 Å². The molecule has 16 heavy (non-hydrogen) atoms. The van der Waals surface area contributed by atoms with Gasteiger partial charge in [-0.1, -0.05) is 13.3 Å². The Hall–Kier alpha value is 0.110. The zero-order valence-electron chi connectivity index (χ0n) is 11.2. The van der Waals surface area contributed by atoms with Gasteiger partial charge in [0.25, 0.3) is 0 Å². The number of hydrogen-bond donors (Lipinski definition) is 1. The van der Waals surface area contributed by atoms with Crippen LogP contribution in [-0.4, -0.2) is 27.3 Å². The monoisotopic (exact) mass is 245 g/mol. The maximum absolute atomic E-state index is 11.8. The van der Waals surface area contributed by atoms with E-state index in [1.807, 2.05) is 20.8 Å². The molecule has 0 amide bonds. The van der Waals surface area contributed by atoms with Gasteiger partial charge in [-0.2, -0.15) is 0 Å². The molecule has 1 rings (SSSR count). The molecule has 0 radical (unpaired) electrons. The summed E-state index contributed by atoms with van der Waals surface area (Å²) in [6, 6.07) is 0.682. The van der Waals surface area contributed by atoms with Crippen LogP contribution in [0.5, 0.6) is 0 Å². The molecule has 0 saturated heterocycles. The minimum atomic E-state index is -0.710. The van der Waals surface area contributed by atoms with E-state index < -0.39 is 10.8 Å². The zero-order chi connectivity index (χ0) is 12.2. The van der Waals surface area contributed by atoms with Crippen LogP contribution in [-0.2, 0) is 10.8 Å². The van der Waals surface area contributed by atoms with Gasteiger partial charge in [-0.25, -0.2) is 0 Å². The van der Waals surface area contributed by atoms with E-state index in [0.29, 0.717) is 6.04 Å². The SMILES string of the molecule is CCC1CCC(NCCS(=O)C(C)(C)C)C1. The molecular formula is C13H27NOS. The van der Waals surface area contributed by atoms with Crippen LogP contribution in [0.3, 0.4) is 0 Å². The molecule has 0 heterocycles. The first-order valence-corrected chi connectivity index (χ1v) is 7.87. The molecular weight excluding hydrogens is 218 g/mol. The van der Waals surface area contributed by atoms with Crippen LogP contribution in [0.25, 0.3) is 0 Å². The molecule has 1 saturated carbocycles. The van der Waals surface area contributed by atoms with E-state index in [1.54, 1.807) is 0 Å². The van der Waals surface area contributed by atoms with Crippen LogP contribution in [0.2, 0.25) is 0 Å². The minimum Gasteiger partial charge on any atom is -0.313 e. The Balaban J connectivity index is 2.15. The van der Waals surface area contributed by atoms with Gasteiger partial charge in [0, 0.05) is 33.9 Å². The molecule has 1 aliphatic rings. The van der Waals surface area contributed by atoms with Gasteiger partial charge in [-0.3, -0.25) is 4.21 Å². The summed E-state index contributed by atoms with van der Waals surface area (Å²) in [6.45, 7) is 9.33. The van der Waals surface area contributed by atoms with Gasteiger partial charge in [0.2, 0.25) is 0 Å². The van der Waals surface area contributed by atoms with Crippen LogP contribution in [0.1, 0.15) is 53.4 Å². The Morgan fingerprint density at radius 3 is 2.50 bits per heavy atom. The van der Waals surface area contributed by atoms with Crippen molar-refractivity contribution >= 4 is 10.8 Å². The molecule has 96 valence electrons. The van der Waals surface area contributed by atoms with E-state index in [1.165, 1.54) is 25.7 Å². The van der Waals surface area contributed by atoms with Crippen LogP contribution in [0.15, 0.2) is 0 Å². The van der Waals surface area contributed by atoms with Crippen LogP contribution >= 0.6 is 0 Å². The normalized spacial score (nSPS) is 28.2. The van der Waals surface area contributed by atoms with Crippen molar-refractivity contribution in [3.8, 4) is 0 Å². The summed E-state index contributed by atoms with van der Waals surface area (Å²) in [5, 5.41) is 3.56. The van der Waals surface area contributed by atoms with Crippen molar-refractivity contribution in [3.63, 3.8) is 0 Å². The fourth-order valence-corrected chi connectivity index (χ4v) is 3.21. The lowest BCUT2D eigenvalue weighted by Crippen LogP contribution is -2.34. The fourth-order valence-electron chi connectivity index (χ4n) is 2.29. The highest BCUT2D eigenvalue weighted by molar-refractivity contribution is 7.86. The van der Waals surface area contributed by atoms with Gasteiger partial charge in [0.15, 0.2) is 0 Å². The van der Waals surface area contributed by atoms with Crippen LogP contribution < -0.4 is 5.32 Å². The van der Waals surface area contributed by atoms with E-state index in [0.717, 1.165) is 18.2 Å². The standard InChI is InChI=1S/C13H27NOS/c1-5-11-6-7-12(10-11)14-8-9-16(15)13(2,3)4/h11-12,14H,5-10H2,1-4H3. The highest BCUT2D eigenvalue weighted by Gasteiger charge is 2.23. The van der Waals surface area contributed by atoms with Crippen molar-refractivity contribution in [2.75, 3.05) is 12.3 Å². The zero-order valence-corrected chi connectivity index (χ0v) is 12.0. The number of hydrogen-bond acceptors (Lipinski definition) is 2. The molecule has 0 aromatic rings. The second-order valence-corrected chi connectivity index (χ2v) is 8.22. The van der Waals surface area contributed by atoms with E-state index >= 15 is 0 Å². The maximum atomic E-state index is 11.8. The molecule has 3 atom stereocenters. The Morgan fingerprint density at radius 2 is 2.00 bits per heavy atom. The van der Waals surface area contributed by atoms with Gasteiger partial charge in [-0.15, -0.1) is 0 Å². The lowest BCUT2D eigenvalue weighted by molar-refractivity contribution is 0.485. The Kier molecular flexibility index (Phi) is 5.45. The molecule has 0 aromatic carbocycles. The highest BCUT2D eigenvalue weighted by atomic mass is 32.2. The smallest absolute Gasteiger partial charge is 0.0375 e. The van der Waals surface area contributed by atoms with Gasteiger partial charge >= 0.3 is 0 Å². The second-order valence-electron chi connectivity index (χ2n) is 5.90. The van der Waals surface area contributed by atoms with E-state index in [9.17, 15) is 4.21 Å². The predicted molar refractivity (Wildman–Crippen MR) is 72.2 cm³/mol. The third-order valence-corrected chi connectivity index (χ3v) is 5.46. The quantitative estimate of drug-likeness (QED) is 0.807. The first-order chi connectivity index (χ1) is 7.43. The van der Waals surface area contributed by atoms with Crippen LogP contribution in [0, 0.1) is 5.92 Å². The molecule has 0 bridgehead atoms. The van der Waals surface area contributed by atoms with Crippen molar-refractivity contribution < 1.29 is 4.21 Å². The lowest BCUT2D eigenvalue weighted by atomic mass is 10.1. The first-order valence-electron chi connectivity index (χ1n) is 6.55. The van der Waals surface area contributed by atoms with Crippen molar-refractivity contribution in [2.24, 2.45) is 5.92 Å². The van der Waals surface area contributed by atoms with Crippen molar-refractivity contribution in [1.82, 2.24) is 5.32 Å². The summed E-state index contributed by atoms with van der Waals surface area (Å²) in [4.78, 5) is 0. The summed E-state index contributed by atoms with van der Waals surface area (Å²) >= 11 is 0. The predicted octanol–water partition coefficient (Wildman–Crippen LogP) is 2.70. The lowest BCUT2D eigenvalue weighted by Gasteiger charge is -2.19. The van der Waals surface area contributed by atoms with E-state index in [2.05, 4.69) is 12.2 Å². The minimum absolute atomic E-state index is 0.0662. The molecule has 0 aliphatic heterocycles. The summed E-state index contributed by atoms with van der Waals surface area (Å²) < 4.78 is 11.8. The third-order valence-electron chi connectivity index (χ3n) is 3.52. The van der Waals surface area contributed by atoms with Gasteiger partial charge in [-0.05, 0) is 46.0 Å². The van der Waals surface area contributed by atoms with Gasteiger partial charge in [0.1, 0.15) is 0 Å². The molecule has 1 fully saturated rings. The van der Waals surface area contributed by atoms with Crippen molar-refractivity contribution in [1.29, 1.82) is 0 Å². The molecule has 0 spiro atoms. The van der Waals surface area contributed by atoms with Gasteiger partial charge in [0.05, 0.1) is 0 Å². The molecule has 3 heteroatoms. The van der Waals surface area contributed by atoms with E-state index in [4.69, 9.17) is 0 Å². The Bertz CT molecular complexity index is 235. The average molecular weight is 245 g/mol. The summed E-state index contributed by atoms with van der Waals surface area (Å²) in [5.41, 5.74) is 0. The molecule has 3 unspecified atom stereocenters. The molecule has 2 nitrogen and oxygen atoms in total. The topological polar surface area (TPSA) is 29.1 Å². The maximum Gasteiger partial charge on any atom is 0.0375 e. The fraction of sp³-hybridized carbons (Fsp3) is 1.00. The number of rotatable bonds is 5. The first kappa shape index (κ1) is 14.2. The Labute approximate surface area is 103 Å². The van der Waals surface area contributed by atoms with Crippen molar-refractivity contribution in [2.45, 2.75) is 64.2 Å². The van der Waals surface area contributed by atoms with E-state index in [-0.39, 0.29) is 4.75 Å². The number of nitrogens with one attached hydrogen (secondary N) is 1. The highest BCUT2D eigenvalue weighted by Crippen LogP contribution is 2.27. The van der Waals surface area contributed by atoms with Crippen LogP contribution in [0.4, 0.5) is 0 Å². The largest absolute Gasteiger partial charge is 0.313 e. The van der Waals surface area contributed by atoms with Gasteiger partial charge < -0.3 is 5.32 Å². The Morgan fingerprint density at radius 1 is 1.31 bits per heavy atom.